The fraction of sp³-hybridized carbons (Fsp3) is 0.125. The maximum Gasteiger partial charge on any atom is 0 e. The van der Waals surface area contributed by atoms with Crippen LogP contribution in [0.2, 0.25) is 0 Å². The number of benzene rings is 1. The van der Waals surface area contributed by atoms with Crippen LogP contribution in [0, 0.1) is 6.92 Å². The Morgan fingerprint density at radius 2 is 1.90 bits per heavy atom. The molecular weight excluding hydrogens is 199 g/mol. The maximum atomic E-state index is 5.41. The van der Waals surface area contributed by atoms with Gasteiger partial charge in [0.25, 0.3) is 0 Å². The molecule has 0 saturated carbocycles. The van der Waals surface area contributed by atoms with Crippen molar-refractivity contribution in [3.05, 3.63) is 42.3 Å². The third-order valence-electron chi connectivity index (χ3n) is 1.34. The molecule has 0 aliphatic heterocycles. The molecule has 0 spiro atoms. The summed E-state index contributed by atoms with van der Waals surface area (Å²) in [7, 11) is 0. The Morgan fingerprint density at radius 1 is 1.30 bits per heavy atom. The van der Waals surface area contributed by atoms with E-state index >= 15 is 0 Å². The molecule has 0 aliphatic rings. The van der Waals surface area contributed by atoms with E-state index < -0.39 is 0 Å². The van der Waals surface area contributed by atoms with Crippen molar-refractivity contribution >= 4 is 0 Å². The maximum absolute atomic E-state index is 5.41. The van der Waals surface area contributed by atoms with Crippen molar-refractivity contribution in [2.24, 2.45) is 5.73 Å². The summed E-state index contributed by atoms with van der Waals surface area (Å²) in [6, 6.07) is 7.88. The van der Waals surface area contributed by atoms with Crippen LogP contribution in [0.4, 0.5) is 0 Å². The van der Waals surface area contributed by atoms with Gasteiger partial charge in [0.15, 0.2) is 0 Å². The molecular formula is C8H10NY-. The average molecular weight is 209 g/mol. The van der Waals surface area contributed by atoms with Gasteiger partial charge in [-0.25, -0.2) is 0 Å². The summed E-state index contributed by atoms with van der Waals surface area (Å²) < 4.78 is 0. The second-order valence-electron chi connectivity index (χ2n) is 1.97. The third-order valence-corrected chi connectivity index (χ3v) is 1.34. The molecule has 0 saturated heterocycles. The Labute approximate surface area is 86.9 Å². The molecule has 0 amide bonds. The zero-order valence-corrected chi connectivity index (χ0v) is 8.72. The van der Waals surface area contributed by atoms with Crippen LogP contribution in [0.5, 0.6) is 0 Å². The van der Waals surface area contributed by atoms with Crippen molar-refractivity contribution < 1.29 is 32.7 Å². The standard InChI is InChI=1S/C8H10N.Y/c1-7-4-2-3-5-8(7)6-9;/h2-5H,1,6,9H2;/q-1;. The molecule has 2 heteroatoms. The first kappa shape index (κ1) is 10.2. The summed E-state index contributed by atoms with van der Waals surface area (Å²) in [6.45, 7) is 4.39. The summed E-state index contributed by atoms with van der Waals surface area (Å²) in [5, 5.41) is 0. The number of rotatable bonds is 1. The topological polar surface area (TPSA) is 26.0 Å². The van der Waals surface area contributed by atoms with Gasteiger partial charge < -0.3 is 5.73 Å². The van der Waals surface area contributed by atoms with Crippen LogP contribution in [0.1, 0.15) is 11.1 Å². The number of nitrogens with two attached hydrogens (primary N) is 1. The SMILES string of the molecule is [CH2-]c1ccccc1CN.[Y]. The van der Waals surface area contributed by atoms with Gasteiger partial charge in [-0.1, -0.05) is 6.07 Å². The van der Waals surface area contributed by atoms with E-state index in [1.807, 2.05) is 24.3 Å². The molecule has 0 fully saturated rings. The third kappa shape index (κ3) is 2.41. The molecule has 1 aromatic rings. The van der Waals surface area contributed by atoms with Crippen LogP contribution in [-0.2, 0) is 39.3 Å². The summed E-state index contributed by atoms with van der Waals surface area (Å²) in [4.78, 5) is 0. The molecule has 1 rings (SSSR count). The first-order valence-corrected chi connectivity index (χ1v) is 2.94. The summed E-state index contributed by atoms with van der Waals surface area (Å²) in [5.41, 5.74) is 7.56. The summed E-state index contributed by atoms with van der Waals surface area (Å²) in [5.74, 6) is 0. The van der Waals surface area contributed by atoms with E-state index in [-0.39, 0.29) is 32.7 Å². The number of hydrogen-bond donors (Lipinski definition) is 1. The van der Waals surface area contributed by atoms with Crippen LogP contribution >= 0.6 is 0 Å². The van der Waals surface area contributed by atoms with Crippen LogP contribution in [-0.4, -0.2) is 0 Å². The van der Waals surface area contributed by atoms with Gasteiger partial charge in [0.2, 0.25) is 0 Å². The largest absolute Gasteiger partial charge is 0.337 e. The predicted molar refractivity (Wildman–Crippen MR) is 38.8 cm³/mol. The second-order valence-corrected chi connectivity index (χ2v) is 1.97. The second kappa shape index (κ2) is 4.89. The molecule has 0 heterocycles. The fourth-order valence-corrected chi connectivity index (χ4v) is 0.757. The Bertz CT molecular complexity index is 198. The Kier molecular flexibility index (Phi) is 4.97. The van der Waals surface area contributed by atoms with Crippen molar-refractivity contribution in [3.8, 4) is 0 Å². The van der Waals surface area contributed by atoms with Gasteiger partial charge in [-0.3, -0.25) is 0 Å². The van der Waals surface area contributed by atoms with Crippen LogP contribution in [0.3, 0.4) is 0 Å². The van der Waals surface area contributed by atoms with Gasteiger partial charge in [-0.2, -0.15) is 18.6 Å². The van der Waals surface area contributed by atoms with Crippen molar-refractivity contribution in [3.63, 3.8) is 0 Å². The summed E-state index contributed by atoms with van der Waals surface area (Å²) in [6.07, 6.45) is 0. The minimum absolute atomic E-state index is 0. The van der Waals surface area contributed by atoms with E-state index in [2.05, 4.69) is 6.92 Å². The van der Waals surface area contributed by atoms with Crippen LogP contribution in [0.15, 0.2) is 24.3 Å². The number of hydrogen-bond acceptors (Lipinski definition) is 1. The molecule has 0 bridgehead atoms. The molecule has 51 valence electrons. The van der Waals surface area contributed by atoms with E-state index in [4.69, 9.17) is 5.73 Å². The summed E-state index contributed by atoms with van der Waals surface area (Å²) >= 11 is 0. The Balaban J connectivity index is 0.000000810. The minimum Gasteiger partial charge on any atom is -0.337 e. The quantitative estimate of drug-likeness (QED) is 0.693. The molecule has 0 aliphatic carbocycles. The smallest absolute Gasteiger partial charge is 0 e. The monoisotopic (exact) mass is 209 g/mol. The Hall–Kier alpha value is 0.154. The molecule has 1 nitrogen and oxygen atoms in total. The zero-order valence-electron chi connectivity index (χ0n) is 5.88. The van der Waals surface area contributed by atoms with E-state index in [0.29, 0.717) is 6.54 Å². The molecule has 1 aromatic carbocycles. The Morgan fingerprint density at radius 3 is 2.30 bits per heavy atom. The molecule has 0 aromatic heterocycles. The predicted octanol–water partition coefficient (Wildman–Crippen LogP) is 1.32. The van der Waals surface area contributed by atoms with Crippen molar-refractivity contribution in [2.75, 3.05) is 0 Å². The van der Waals surface area contributed by atoms with Crippen molar-refractivity contribution in [2.45, 2.75) is 6.54 Å². The average Bonchev–Trinajstić information content (AvgIpc) is 1.89. The van der Waals surface area contributed by atoms with Crippen molar-refractivity contribution in [1.82, 2.24) is 0 Å². The van der Waals surface area contributed by atoms with E-state index in [1.165, 1.54) is 0 Å². The van der Waals surface area contributed by atoms with Gasteiger partial charge >= 0.3 is 0 Å². The van der Waals surface area contributed by atoms with E-state index in [0.717, 1.165) is 11.1 Å². The van der Waals surface area contributed by atoms with Crippen molar-refractivity contribution in [1.29, 1.82) is 0 Å². The van der Waals surface area contributed by atoms with E-state index in [9.17, 15) is 0 Å². The first-order chi connectivity index (χ1) is 4.34. The minimum atomic E-state index is 0. The van der Waals surface area contributed by atoms with Crippen LogP contribution < -0.4 is 5.73 Å². The molecule has 10 heavy (non-hydrogen) atoms. The van der Waals surface area contributed by atoms with Gasteiger partial charge in [-0.05, 0) is 6.54 Å². The fourth-order valence-electron chi connectivity index (χ4n) is 0.757. The zero-order chi connectivity index (χ0) is 6.69. The normalized spacial score (nSPS) is 8.50. The molecule has 1 radical (unpaired) electrons. The van der Waals surface area contributed by atoms with Gasteiger partial charge in [0.1, 0.15) is 0 Å². The van der Waals surface area contributed by atoms with Crippen LogP contribution in [0.25, 0.3) is 0 Å². The van der Waals surface area contributed by atoms with Gasteiger partial charge in [-0.15, -0.1) is 17.7 Å². The first-order valence-electron chi connectivity index (χ1n) is 2.94. The molecule has 0 unspecified atom stereocenters. The molecule has 0 atom stereocenters. The van der Waals surface area contributed by atoms with Gasteiger partial charge in [0.05, 0.1) is 0 Å². The molecule has 2 N–H and O–H groups in total. The van der Waals surface area contributed by atoms with Gasteiger partial charge in [0, 0.05) is 32.7 Å². The van der Waals surface area contributed by atoms with E-state index in [1.54, 1.807) is 0 Å².